The van der Waals surface area contributed by atoms with E-state index in [9.17, 15) is 9.18 Å². The molecule has 3 aromatic rings. The van der Waals surface area contributed by atoms with Crippen molar-refractivity contribution < 1.29 is 9.18 Å². The van der Waals surface area contributed by atoms with Crippen LogP contribution in [0.1, 0.15) is 32.7 Å². The number of primary amides is 1. The summed E-state index contributed by atoms with van der Waals surface area (Å²) in [6.07, 6.45) is 4.44. The van der Waals surface area contributed by atoms with Gasteiger partial charge in [0.2, 0.25) is 5.91 Å². The average Bonchev–Trinajstić information content (AvgIpc) is 3.33. The quantitative estimate of drug-likeness (QED) is 0.552. The summed E-state index contributed by atoms with van der Waals surface area (Å²) in [6.45, 7) is 8.02. The molecule has 0 spiro atoms. The Morgan fingerprint density at radius 1 is 1.09 bits per heavy atom. The third-order valence-corrected chi connectivity index (χ3v) is 6.51. The number of anilines is 1. The van der Waals surface area contributed by atoms with E-state index in [1.54, 1.807) is 24.5 Å². The number of benzene rings is 2. The summed E-state index contributed by atoms with van der Waals surface area (Å²) in [6, 6.07) is 13.9. The number of nitrogens with two attached hydrogens (primary N) is 1. The molecule has 1 aromatic heterocycles. The average molecular weight is 471 g/mol. The number of carbonyl (C=O) groups is 1. The van der Waals surface area contributed by atoms with Crippen molar-refractivity contribution in [1.82, 2.24) is 20.2 Å². The van der Waals surface area contributed by atoms with Gasteiger partial charge in [0.1, 0.15) is 18.0 Å². The van der Waals surface area contributed by atoms with Gasteiger partial charge >= 0.3 is 0 Å². The molecule has 1 aliphatic carbocycles. The molecule has 1 saturated heterocycles. The number of allylic oxidation sites excluding steroid dienone is 1. The number of carbonyl (C=O) groups excluding carboxylic acids is 1. The zero-order chi connectivity index (χ0) is 24.4. The van der Waals surface area contributed by atoms with Crippen LogP contribution in [0, 0.1) is 5.82 Å². The third-order valence-electron chi connectivity index (χ3n) is 6.51. The van der Waals surface area contributed by atoms with Crippen LogP contribution >= 0.6 is 0 Å². The highest BCUT2D eigenvalue weighted by Crippen LogP contribution is 2.35. The Morgan fingerprint density at radius 3 is 2.60 bits per heavy atom. The lowest BCUT2D eigenvalue weighted by Gasteiger charge is -2.38. The van der Waals surface area contributed by atoms with E-state index in [4.69, 9.17) is 5.73 Å². The predicted molar refractivity (Wildman–Crippen MR) is 135 cm³/mol. The lowest BCUT2D eigenvalue weighted by atomic mass is 10.0. The first-order valence-electron chi connectivity index (χ1n) is 11.6. The Labute approximate surface area is 203 Å². The number of hydrogen-bond acceptors (Lipinski definition) is 6. The summed E-state index contributed by atoms with van der Waals surface area (Å²) in [5.74, 6) is 1.12. The number of aromatic nitrogens is 2. The molecule has 2 aliphatic rings. The minimum absolute atomic E-state index is 0.235. The molecule has 2 heterocycles. The van der Waals surface area contributed by atoms with E-state index in [1.165, 1.54) is 12.1 Å². The van der Waals surface area contributed by atoms with Crippen molar-refractivity contribution in [3.8, 4) is 0 Å². The largest absolute Gasteiger partial charge is 0.368 e. The fourth-order valence-corrected chi connectivity index (χ4v) is 4.53. The Bertz CT molecular complexity index is 1300. The number of halogens is 1. The number of piperazine rings is 1. The lowest BCUT2D eigenvalue weighted by Crippen LogP contribution is -2.48. The minimum Gasteiger partial charge on any atom is -0.368 e. The first kappa shape index (κ1) is 22.6. The van der Waals surface area contributed by atoms with E-state index in [0.717, 1.165) is 65.8 Å². The predicted octanol–water partition coefficient (Wildman–Crippen LogP) is 3.19. The Balaban J connectivity index is 1.24. The van der Waals surface area contributed by atoms with Crippen molar-refractivity contribution in [2.45, 2.75) is 13.0 Å². The number of hydrogen-bond donors (Lipinski definition) is 2. The second-order valence-corrected chi connectivity index (χ2v) is 8.75. The molecule has 5 rings (SSSR count). The second-order valence-electron chi connectivity index (χ2n) is 8.75. The van der Waals surface area contributed by atoms with Crippen LogP contribution in [0.2, 0.25) is 0 Å². The standard InChI is InChI=1S/C27H27FN6O/c1-18(30-16-19-5-7-23(28)8-6-19)33-9-11-34(12-10-33)27-24-14-22(15-25(24)31-17-32-27)20-3-2-4-21(13-20)26(29)35/h2-8,13-14,17,30H,1,9-12,15-16H2,(H2,29,35). The summed E-state index contributed by atoms with van der Waals surface area (Å²) in [7, 11) is 0. The van der Waals surface area contributed by atoms with Gasteiger partial charge in [-0.25, -0.2) is 14.4 Å². The van der Waals surface area contributed by atoms with Crippen molar-refractivity contribution in [2.24, 2.45) is 5.73 Å². The van der Waals surface area contributed by atoms with Gasteiger partial charge in [0, 0.05) is 50.3 Å². The molecular weight excluding hydrogens is 443 g/mol. The van der Waals surface area contributed by atoms with Crippen LogP contribution in [0.5, 0.6) is 0 Å². The van der Waals surface area contributed by atoms with Gasteiger partial charge in [0.05, 0.1) is 11.5 Å². The van der Waals surface area contributed by atoms with Gasteiger partial charge in [-0.15, -0.1) is 0 Å². The van der Waals surface area contributed by atoms with E-state index < -0.39 is 5.91 Å². The molecule has 0 atom stereocenters. The van der Waals surface area contributed by atoms with Crippen LogP contribution in [0.15, 0.2) is 67.3 Å². The van der Waals surface area contributed by atoms with Crippen LogP contribution in [0.25, 0.3) is 11.6 Å². The lowest BCUT2D eigenvalue weighted by molar-refractivity contribution is 0.1000. The molecule has 178 valence electrons. The molecule has 0 radical (unpaired) electrons. The zero-order valence-corrected chi connectivity index (χ0v) is 19.4. The van der Waals surface area contributed by atoms with Crippen molar-refractivity contribution in [2.75, 3.05) is 31.1 Å². The van der Waals surface area contributed by atoms with E-state index in [1.807, 2.05) is 18.2 Å². The molecule has 3 N–H and O–H groups in total. The highest BCUT2D eigenvalue weighted by Gasteiger charge is 2.25. The number of nitrogens with one attached hydrogen (secondary N) is 1. The molecule has 7 nitrogen and oxygen atoms in total. The second kappa shape index (κ2) is 9.58. The number of fused-ring (bicyclic) bond motifs is 1. The van der Waals surface area contributed by atoms with E-state index in [0.29, 0.717) is 18.5 Å². The van der Waals surface area contributed by atoms with Crippen molar-refractivity contribution in [3.63, 3.8) is 0 Å². The maximum Gasteiger partial charge on any atom is 0.248 e. The molecule has 8 heteroatoms. The molecule has 0 saturated carbocycles. The number of rotatable bonds is 7. The van der Waals surface area contributed by atoms with Gasteiger partial charge in [0.15, 0.2) is 0 Å². The smallest absolute Gasteiger partial charge is 0.248 e. The Morgan fingerprint density at radius 2 is 1.86 bits per heavy atom. The van der Waals surface area contributed by atoms with Crippen LogP contribution in [0.3, 0.4) is 0 Å². The van der Waals surface area contributed by atoms with E-state index in [-0.39, 0.29) is 5.82 Å². The Kier molecular flexibility index (Phi) is 6.18. The maximum absolute atomic E-state index is 13.1. The minimum atomic E-state index is -0.435. The van der Waals surface area contributed by atoms with Crippen molar-refractivity contribution >= 4 is 23.4 Å². The molecule has 2 aromatic carbocycles. The summed E-state index contributed by atoms with van der Waals surface area (Å²) in [4.78, 5) is 25.2. The van der Waals surface area contributed by atoms with Gasteiger partial charge in [-0.2, -0.15) is 0 Å². The Hall–Kier alpha value is -4.20. The van der Waals surface area contributed by atoms with Crippen LogP contribution in [-0.4, -0.2) is 47.0 Å². The third kappa shape index (κ3) is 4.87. The van der Waals surface area contributed by atoms with Crippen molar-refractivity contribution in [1.29, 1.82) is 0 Å². The van der Waals surface area contributed by atoms with Crippen LogP contribution in [0.4, 0.5) is 10.2 Å². The van der Waals surface area contributed by atoms with Gasteiger partial charge in [-0.3, -0.25) is 4.79 Å². The molecule has 1 aliphatic heterocycles. The summed E-state index contributed by atoms with van der Waals surface area (Å²) < 4.78 is 13.1. The topological polar surface area (TPSA) is 87.4 Å². The number of amides is 1. The number of nitrogens with zero attached hydrogens (tertiary/aromatic N) is 4. The van der Waals surface area contributed by atoms with Crippen molar-refractivity contribution in [3.05, 3.63) is 101 Å². The van der Waals surface area contributed by atoms with Crippen LogP contribution in [-0.2, 0) is 13.0 Å². The monoisotopic (exact) mass is 470 g/mol. The van der Waals surface area contributed by atoms with Crippen LogP contribution < -0.4 is 16.0 Å². The molecule has 1 fully saturated rings. The molecule has 1 amide bonds. The first-order valence-corrected chi connectivity index (χ1v) is 11.6. The fourth-order valence-electron chi connectivity index (χ4n) is 4.53. The first-order chi connectivity index (χ1) is 17.0. The highest BCUT2D eigenvalue weighted by atomic mass is 19.1. The van der Waals surface area contributed by atoms with Gasteiger partial charge in [0.25, 0.3) is 0 Å². The van der Waals surface area contributed by atoms with Gasteiger partial charge < -0.3 is 20.9 Å². The molecular formula is C27H27FN6O. The molecule has 35 heavy (non-hydrogen) atoms. The molecule has 0 unspecified atom stereocenters. The van der Waals surface area contributed by atoms with Gasteiger partial charge in [-0.1, -0.05) is 30.8 Å². The maximum atomic E-state index is 13.1. The summed E-state index contributed by atoms with van der Waals surface area (Å²) >= 11 is 0. The van der Waals surface area contributed by atoms with E-state index in [2.05, 4.69) is 37.7 Å². The normalized spacial score (nSPS) is 14.9. The SMILES string of the molecule is C=C(NCc1ccc(F)cc1)N1CCN(c2ncnc3c2C=C(c2cccc(C(N)=O)c2)C3)CC1. The zero-order valence-electron chi connectivity index (χ0n) is 19.4. The fraction of sp³-hybridized carbons (Fsp3) is 0.222. The highest BCUT2D eigenvalue weighted by molar-refractivity contribution is 5.96. The molecule has 0 bridgehead atoms. The summed E-state index contributed by atoms with van der Waals surface area (Å²) in [5.41, 5.74) is 11.1. The van der Waals surface area contributed by atoms with Gasteiger partial charge in [-0.05, 0) is 47.0 Å². The van der Waals surface area contributed by atoms with E-state index >= 15 is 0 Å². The summed E-state index contributed by atoms with van der Waals surface area (Å²) in [5, 5.41) is 3.34.